The molecule has 2 rings (SSSR count). The van der Waals surface area contributed by atoms with Gasteiger partial charge in [-0.2, -0.15) is 13.2 Å². The molecule has 0 heterocycles. The zero-order valence-electron chi connectivity index (χ0n) is 9.30. The Bertz CT molecular complexity index is 623. The van der Waals surface area contributed by atoms with E-state index in [1.807, 2.05) is 0 Å². The van der Waals surface area contributed by atoms with Gasteiger partial charge in [-0.1, -0.05) is 29.8 Å². The first-order valence-corrected chi connectivity index (χ1v) is 5.53. The van der Waals surface area contributed by atoms with Crippen molar-refractivity contribution in [2.24, 2.45) is 0 Å². The van der Waals surface area contributed by atoms with Gasteiger partial charge in [-0.25, -0.2) is 4.39 Å². The minimum absolute atomic E-state index is 0.0381. The molecule has 0 aliphatic carbocycles. The molecule has 1 nitrogen and oxygen atoms in total. The van der Waals surface area contributed by atoms with Crippen molar-refractivity contribution in [2.75, 3.05) is 0 Å². The van der Waals surface area contributed by atoms with Crippen LogP contribution in [0.1, 0.15) is 5.56 Å². The molecule has 0 saturated heterocycles. The lowest BCUT2D eigenvalue weighted by Gasteiger charge is -2.11. The van der Waals surface area contributed by atoms with Crippen molar-refractivity contribution in [3.63, 3.8) is 0 Å². The number of aromatic hydroxyl groups is 1. The van der Waals surface area contributed by atoms with Gasteiger partial charge in [0, 0.05) is 5.56 Å². The fraction of sp³-hybridized carbons (Fsp3) is 0.0769. The zero-order valence-corrected chi connectivity index (χ0v) is 10.1. The van der Waals surface area contributed by atoms with Gasteiger partial charge in [-0.05, 0) is 23.8 Å². The predicted molar refractivity (Wildman–Crippen MR) is 63.5 cm³/mol. The van der Waals surface area contributed by atoms with E-state index in [4.69, 9.17) is 11.6 Å². The first kappa shape index (κ1) is 13.7. The Kier molecular flexibility index (Phi) is 3.41. The molecule has 2 aromatic carbocycles. The number of halogens is 5. The van der Waals surface area contributed by atoms with Crippen molar-refractivity contribution in [3.8, 4) is 16.9 Å². The Balaban J connectivity index is 2.60. The molecule has 100 valence electrons. The molecule has 0 bridgehead atoms. The Morgan fingerprint density at radius 3 is 2.32 bits per heavy atom. The number of benzene rings is 2. The first-order chi connectivity index (χ1) is 8.80. The van der Waals surface area contributed by atoms with Crippen LogP contribution in [0.4, 0.5) is 17.6 Å². The second-order valence-corrected chi connectivity index (χ2v) is 4.24. The number of hydrogen-bond acceptors (Lipinski definition) is 1. The lowest BCUT2D eigenvalue weighted by Crippen LogP contribution is -2.08. The van der Waals surface area contributed by atoms with Crippen molar-refractivity contribution in [2.45, 2.75) is 6.18 Å². The van der Waals surface area contributed by atoms with Crippen molar-refractivity contribution in [1.82, 2.24) is 0 Å². The summed E-state index contributed by atoms with van der Waals surface area (Å²) in [6.45, 7) is 0. The van der Waals surface area contributed by atoms with E-state index in [-0.39, 0.29) is 21.9 Å². The Morgan fingerprint density at radius 2 is 1.74 bits per heavy atom. The van der Waals surface area contributed by atoms with E-state index in [0.29, 0.717) is 6.07 Å². The molecule has 2 aromatic rings. The average molecular weight is 291 g/mol. The summed E-state index contributed by atoms with van der Waals surface area (Å²) in [6, 6.07) is 6.70. The molecule has 0 aliphatic heterocycles. The summed E-state index contributed by atoms with van der Waals surface area (Å²) in [6.07, 6.45) is -4.77. The van der Waals surface area contributed by atoms with Crippen LogP contribution in [-0.4, -0.2) is 5.11 Å². The van der Waals surface area contributed by atoms with Crippen molar-refractivity contribution < 1.29 is 22.7 Å². The van der Waals surface area contributed by atoms with Gasteiger partial charge in [0.25, 0.3) is 0 Å². The second kappa shape index (κ2) is 4.74. The third-order valence-electron chi connectivity index (χ3n) is 2.56. The van der Waals surface area contributed by atoms with Crippen LogP contribution in [0, 0.1) is 5.82 Å². The average Bonchev–Trinajstić information content (AvgIpc) is 2.32. The van der Waals surface area contributed by atoms with Crippen LogP contribution in [0.2, 0.25) is 5.02 Å². The summed E-state index contributed by atoms with van der Waals surface area (Å²) in [5, 5.41) is 9.44. The highest BCUT2D eigenvalue weighted by molar-refractivity contribution is 6.32. The topological polar surface area (TPSA) is 20.2 Å². The second-order valence-electron chi connectivity index (χ2n) is 3.83. The molecule has 0 saturated carbocycles. The van der Waals surface area contributed by atoms with Crippen LogP contribution in [-0.2, 0) is 6.18 Å². The smallest absolute Gasteiger partial charge is 0.419 e. The molecular weight excluding hydrogens is 284 g/mol. The summed E-state index contributed by atoms with van der Waals surface area (Å²) < 4.78 is 51.6. The van der Waals surface area contributed by atoms with Crippen LogP contribution >= 0.6 is 11.6 Å². The van der Waals surface area contributed by atoms with E-state index >= 15 is 0 Å². The summed E-state index contributed by atoms with van der Waals surface area (Å²) in [7, 11) is 0. The van der Waals surface area contributed by atoms with Crippen LogP contribution in [0.5, 0.6) is 5.75 Å². The van der Waals surface area contributed by atoms with E-state index in [1.54, 1.807) is 0 Å². The highest BCUT2D eigenvalue weighted by atomic mass is 35.5. The molecule has 0 atom stereocenters. The van der Waals surface area contributed by atoms with E-state index in [1.165, 1.54) is 18.2 Å². The lowest BCUT2D eigenvalue weighted by molar-refractivity contribution is -0.139. The Morgan fingerprint density at radius 1 is 1.05 bits per heavy atom. The maximum Gasteiger partial charge on any atom is 0.419 e. The summed E-state index contributed by atoms with van der Waals surface area (Å²) in [5.41, 5.74) is -1.48. The van der Waals surface area contributed by atoms with Crippen molar-refractivity contribution >= 4 is 11.6 Å². The highest BCUT2D eigenvalue weighted by Crippen LogP contribution is 2.37. The summed E-state index contributed by atoms with van der Waals surface area (Å²) in [4.78, 5) is 0. The van der Waals surface area contributed by atoms with Gasteiger partial charge >= 0.3 is 6.18 Å². The Hall–Kier alpha value is -1.75. The molecular formula is C13H7ClF4O. The van der Waals surface area contributed by atoms with Crippen LogP contribution in [0.3, 0.4) is 0 Å². The van der Waals surface area contributed by atoms with Crippen LogP contribution in [0.15, 0.2) is 36.4 Å². The molecule has 0 aliphatic rings. The number of rotatable bonds is 1. The molecule has 6 heteroatoms. The van der Waals surface area contributed by atoms with E-state index in [2.05, 4.69) is 0 Å². The molecule has 0 radical (unpaired) electrons. The van der Waals surface area contributed by atoms with Crippen LogP contribution in [0.25, 0.3) is 11.1 Å². The van der Waals surface area contributed by atoms with Gasteiger partial charge in [0.15, 0.2) is 0 Å². The molecule has 0 aromatic heterocycles. The minimum Gasteiger partial charge on any atom is -0.506 e. The number of phenols is 1. The molecule has 0 spiro atoms. The fourth-order valence-electron chi connectivity index (χ4n) is 1.65. The maximum absolute atomic E-state index is 13.9. The van der Waals surface area contributed by atoms with Crippen LogP contribution < -0.4 is 0 Å². The molecule has 0 amide bonds. The third kappa shape index (κ3) is 2.66. The van der Waals surface area contributed by atoms with Crippen molar-refractivity contribution in [3.05, 3.63) is 52.8 Å². The van der Waals surface area contributed by atoms with E-state index in [0.717, 1.165) is 12.1 Å². The molecule has 1 N–H and O–H groups in total. The number of alkyl halides is 3. The standard InChI is InChI=1S/C13H7ClF4O/c14-10-5-4-7(6-11(10)19)8-2-1-3-9(12(8)15)13(16,17)18/h1-6,19H. The van der Waals surface area contributed by atoms with Gasteiger partial charge < -0.3 is 5.11 Å². The lowest BCUT2D eigenvalue weighted by atomic mass is 10.0. The number of phenolic OH excluding ortho intramolecular Hbond substituents is 1. The van der Waals surface area contributed by atoms with Gasteiger partial charge in [-0.3, -0.25) is 0 Å². The predicted octanol–water partition coefficient (Wildman–Crippen LogP) is 4.87. The molecule has 0 fully saturated rings. The van der Waals surface area contributed by atoms with Gasteiger partial charge in [0.05, 0.1) is 10.6 Å². The van der Waals surface area contributed by atoms with E-state index < -0.39 is 17.6 Å². The van der Waals surface area contributed by atoms with Gasteiger partial charge in [0.1, 0.15) is 11.6 Å². The van der Waals surface area contributed by atoms with Crippen molar-refractivity contribution in [1.29, 1.82) is 0 Å². The summed E-state index contributed by atoms with van der Waals surface area (Å²) in [5.74, 6) is -1.70. The Labute approximate surface area is 111 Å². The summed E-state index contributed by atoms with van der Waals surface area (Å²) >= 11 is 5.59. The molecule has 0 unspecified atom stereocenters. The minimum atomic E-state index is -4.77. The quantitative estimate of drug-likeness (QED) is 0.743. The van der Waals surface area contributed by atoms with Gasteiger partial charge in [-0.15, -0.1) is 0 Å². The fourth-order valence-corrected chi connectivity index (χ4v) is 1.77. The monoisotopic (exact) mass is 290 g/mol. The SMILES string of the molecule is Oc1cc(-c2cccc(C(F)(F)F)c2F)ccc1Cl. The van der Waals surface area contributed by atoms with E-state index in [9.17, 15) is 22.7 Å². The molecule has 19 heavy (non-hydrogen) atoms. The third-order valence-corrected chi connectivity index (χ3v) is 2.88. The first-order valence-electron chi connectivity index (χ1n) is 5.15. The number of hydrogen-bond donors (Lipinski definition) is 1. The zero-order chi connectivity index (χ0) is 14.2. The largest absolute Gasteiger partial charge is 0.506 e. The highest BCUT2D eigenvalue weighted by Gasteiger charge is 2.34. The van der Waals surface area contributed by atoms with Gasteiger partial charge in [0.2, 0.25) is 0 Å². The maximum atomic E-state index is 13.9. The normalized spacial score (nSPS) is 11.6.